The van der Waals surface area contributed by atoms with E-state index in [1.807, 2.05) is 19.1 Å². The van der Waals surface area contributed by atoms with Gasteiger partial charge in [-0.25, -0.2) is 13.1 Å². The first kappa shape index (κ1) is 18.5. The van der Waals surface area contributed by atoms with Gasteiger partial charge in [0.2, 0.25) is 10.0 Å². The van der Waals surface area contributed by atoms with E-state index in [0.29, 0.717) is 17.0 Å². The van der Waals surface area contributed by atoms with E-state index in [1.165, 1.54) is 0 Å². The summed E-state index contributed by atoms with van der Waals surface area (Å²) in [5.74, 6) is 5.90. The zero-order valence-electron chi connectivity index (χ0n) is 12.8. The van der Waals surface area contributed by atoms with Crippen molar-refractivity contribution in [3.63, 3.8) is 0 Å². The van der Waals surface area contributed by atoms with Crippen LogP contribution in [0.25, 0.3) is 0 Å². The summed E-state index contributed by atoms with van der Waals surface area (Å²) in [7, 11) is -3.34. The van der Waals surface area contributed by atoms with Gasteiger partial charge in [-0.05, 0) is 37.1 Å². The molecule has 118 valence electrons. The van der Waals surface area contributed by atoms with Gasteiger partial charge in [-0.2, -0.15) is 0 Å². The largest absolute Gasteiger partial charge is 0.215 e. The van der Waals surface area contributed by atoms with E-state index in [-0.39, 0.29) is 12.3 Å². The number of hydrogen-bond donors (Lipinski definition) is 1. The highest BCUT2D eigenvalue weighted by molar-refractivity contribution is 7.89. The van der Waals surface area contributed by atoms with Crippen molar-refractivity contribution < 1.29 is 8.42 Å². The van der Waals surface area contributed by atoms with Gasteiger partial charge < -0.3 is 0 Å². The van der Waals surface area contributed by atoms with Gasteiger partial charge in [0.1, 0.15) is 0 Å². The van der Waals surface area contributed by atoms with Crippen molar-refractivity contribution in [3.05, 3.63) is 58.7 Å². The quantitative estimate of drug-likeness (QED) is 0.491. The van der Waals surface area contributed by atoms with Gasteiger partial charge in [0.15, 0.2) is 0 Å². The first-order chi connectivity index (χ1) is 10.4. The predicted octanol–water partition coefficient (Wildman–Crippen LogP) is 3.44. The molecule has 0 spiro atoms. The summed E-state index contributed by atoms with van der Waals surface area (Å²) in [4.78, 5) is 0. The third-order valence-corrected chi connectivity index (χ3v) is 4.58. The fraction of sp³-hybridized carbons (Fsp3) is 0.294. The van der Waals surface area contributed by atoms with Crippen LogP contribution in [0.4, 0.5) is 0 Å². The van der Waals surface area contributed by atoms with E-state index in [2.05, 4.69) is 23.1 Å². The molecule has 0 saturated carbocycles. The molecule has 0 fully saturated rings. The zero-order valence-corrected chi connectivity index (χ0v) is 14.4. The molecule has 3 nitrogen and oxygen atoms in total. The first-order valence-electron chi connectivity index (χ1n) is 6.88. The van der Waals surface area contributed by atoms with Crippen LogP contribution in [0.5, 0.6) is 0 Å². The van der Waals surface area contributed by atoms with Gasteiger partial charge in [-0.3, -0.25) is 0 Å². The highest BCUT2D eigenvalue weighted by atomic mass is 35.5. The van der Waals surface area contributed by atoms with Crippen LogP contribution < -0.4 is 4.72 Å². The van der Waals surface area contributed by atoms with Crippen molar-refractivity contribution in [3.8, 4) is 11.8 Å². The number of sulfonamides is 1. The number of allylic oxidation sites excluding steroid dienone is 2. The lowest BCUT2D eigenvalue weighted by Gasteiger charge is -2.05. The Hall–Kier alpha value is -1.54. The van der Waals surface area contributed by atoms with E-state index in [1.54, 1.807) is 25.1 Å². The molecular formula is C17H20ClNO2S. The number of halogens is 1. The molecule has 0 radical (unpaired) electrons. The van der Waals surface area contributed by atoms with Crippen molar-refractivity contribution in [2.45, 2.75) is 20.3 Å². The lowest BCUT2D eigenvalue weighted by Crippen LogP contribution is -2.27. The van der Waals surface area contributed by atoms with Gasteiger partial charge >= 0.3 is 0 Å². The minimum Gasteiger partial charge on any atom is -0.214 e. The fourth-order valence-corrected chi connectivity index (χ4v) is 3.10. The van der Waals surface area contributed by atoms with Gasteiger partial charge in [0, 0.05) is 23.6 Å². The third-order valence-electron chi connectivity index (χ3n) is 2.98. The maximum atomic E-state index is 11.8. The average molecular weight is 338 g/mol. The Balaban J connectivity index is 2.54. The molecule has 0 aliphatic carbocycles. The van der Waals surface area contributed by atoms with Crippen LogP contribution in [-0.4, -0.2) is 20.7 Å². The minimum absolute atomic E-state index is 0.0617. The van der Waals surface area contributed by atoms with Gasteiger partial charge in [-0.15, -0.1) is 0 Å². The molecule has 0 saturated heterocycles. The van der Waals surface area contributed by atoms with E-state index in [9.17, 15) is 8.42 Å². The Bertz CT molecular complexity index is 725. The van der Waals surface area contributed by atoms with Gasteiger partial charge in [0.05, 0.1) is 5.75 Å². The van der Waals surface area contributed by atoms with E-state index < -0.39 is 10.0 Å². The Morgan fingerprint density at radius 3 is 2.82 bits per heavy atom. The molecule has 1 N–H and O–H groups in total. The van der Waals surface area contributed by atoms with E-state index in [0.717, 1.165) is 11.1 Å². The van der Waals surface area contributed by atoms with Gasteiger partial charge in [-0.1, -0.05) is 48.2 Å². The fourth-order valence-electron chi connectivity index (χ4n) is 1.69. The maximum Gasteiger partial charge on any atom is 0.215 e. The number of aryl methyl sites for hydroxylation is 1. The molecule has 0 atom stereocenters. The molecule has 0 bridgehead atoms. The van der Waals surface area contributed by atoms with Crippen LogP contribution in [0.3, 0.4) is 0 Å². The van der Waals surface area contributed by atoms with Crippen molar-refractivity contribution >= 4 is 21.6 Å². The summed E-state index contributed by atoms with van der Waals surface area (Å²) in [6, 6.07) is 5.52. The van der Waals surface area contributed by atoms with Crippen molar-refractivity contribution in [1.29, 1.82) is 0 Å². The summed E-state index contributed by atoms with van der Waals surface area (Å²) in [5.41, 5.74) is 2.58. The average Bonchev–Trinajstić information content (AvgIpc) is 2.47. The summed E-state index contributed by atoms with van der Waals surface area (Å²) >= 11 is 5.92. The standard InChI is InChI=1S/C17H20ClNO2S/c1-4-15(5-2)13-22(20,21)19-11-7-6-8-16-12-17(18)10-9-14(16)3/h4-5,9-10,12,19H,1,7,11,13H2,2-3H3/b15-5+. The molecule has 0 amide bonds. The molecule has 1 aromatic rings. The summed E-state index contributed by atoms with van der Waals surface area (Å²) in [6.45, 7) is 7.60. The molecular weight excluding hydrogens is 318 g/mol. The molecule has 1 rings (SSSR count). The summed E-state index contributed by atoms with van der Waals surface area (Å²) < 4.78 is 26.2. The van der Waals surface area contributed by atoms with Crippen LogP contribution in [0.2, 0.25) is 5.02 Å². The molecule has 5 heteroatoms. The number of hydrogen-bond acceptors (Lipinski definition) is 2. The van der Waals surface area contributed by atoms with Crippen molar-refractivity contribution in [2.24, 2.45) is 0 Å². The van der Waals surface area contributed by atoms with E-state index in [4.69, 9.17) is 11.6 Å². The molecule has 1 aromatic carbocycles. The Morgan fingerprint density at radius 2 is 2.18 bits per heavy atom. The second-order valence-corrected chi connectivity index (χ2v) is 6.98. The number of rotatable bonds is 6. The van der Waals surface area contributed by atoms with Crippen LogP contribution >= 0.6 is 11.6 Å². The molecule has 0 heterocycles. The Morgan fingerprint density at radius 1 is 1.45 bits per heavy atom. The molecule has 0 aliphatic heterocycles. The van der Waals surface area contributed by atoms with Crippen molar-refractivity contribution in [1.82, 2.24) is 4.72 Å². The second-order valence-electron chi connectivity index (χ2n) is 4.73. The molecule has 0 aromatic heterocycles. The topological polar surface area (TPSA) is 46.2 Å². The maximum absolute atomic E-state index is 11.8. The van der Waals surface area contributed by atoms with Crippen LogP contribution in [0, 0.1) is 18.8 Å². The van der Waals surface area contributed by atoms with Gasteiger partial charge in [0.25, 0.3) is 0 Å². The Kier molecular flexibility index (Phi) is 7.40. The predicted molar refractivity (Wildman–Crippen MR) is 93.4 cm³/mol. The normalized spacial score (nSPS) is 11.7. The lowest BCUT2D eigenvalue weighted by atomic mass is 10.1. The monoisotopic (exact) mass is 337 g/mol. The number of benzene rings is 1. The number of nitrogens with one attached hydrogen (secondary N) is 1. The summed E-state index contributed by atoms with van der Waals surface area (Å²) in [6.07, 6.45) is 3.71. The molecule has 22 heavy (non-hydrogen) atoms. The van der Waals surface area contributed by atoms with Crippen LogP contribution in [-0.2, 0) is 10.0 Å². The summed E-state index contributed by atoms with van der Waals surface area (Å²) in [5, 5.41) is 0.638. The third kappa shape index (κ3) is 6.48. The lowest BCUT2D eigenvalue weighted by molar-refractivity contribution is 0.585. The molecule has 0 aliphatic rings. The second kappa shape index (κ2) is 8.79. The molecule has 0 unspecified atom stereocenters. The van der Waals surface area contributed by atoms with Crippen molar-refractivity contribution in [2.75, 3.05) is 12.3 Å². The van der Waals surface area contributed by atoms with Crippen LogP contribution in [0.15, 0.2) is 42.5 Å². The SMILES string of the molecule is C=C/C(=C\C)CS(=O)(=O)NCCC#Cc1cc(Cl)ccc1C. The first-order valence-corrected chi connectivity index (χ1v) is 8.91. The zero-order chi connectivity index (χ0) is 16.6. The van der Waals surface area contributed by atoms with E-state index >= 15 is 0 Å². The minimum atomic E-state index is -3.34. The highest BCUT2D eigenvalue weighted by Gasteiger charge is 2.09. The smallest absolute Gasteiger partial charge is 0.214 e. The Labute approximate surface area is 138 Å². The van der Waals surface area contributed by atoms with Crippen LogP contribution in [0.1, 0.15) is 24.5 Å². The highest BCUT2D eigenvalue weighted by Crippen LogP contribution is 2.14.